The maximum atomic E-state index is 12.5. The molecule has 14 heavy (non-hydrogen) atoms. The second kappa shape index (κ2) is 4.98. The minimum Gasteiger partial charge on any atom is -0.249 e. The van der Waals surface area contributed by atoms with Crippen molar-refractivity contribution in [3.63, 3.8) is 0 Å². The van der Waals surface area contributed by atoms with E-state index in [1.165, 1.54) is 0 Å². The Balaban J connectivity index is 3.37. The third-order valence-electron chi connectivity index (χ3n) is 1.51. The fourth-order valence-electron chi connectivity index (χ4n) is 0.921. The standard InChI is InChI=1S/C8H4BrF2IN2/c9-2-4-1-6(12)5(3-13)7(14-4)8(10)11/h1,8H,2H2. The maximum absolute atomic E-state index is 12.5. The molecule has 0 saturated carbocycles. The Morgan fingerprint density at radius 3 is 2.71 bits per heavy atom. The first-order valence-electron chi connectivity index (χ1n) is 3.53. The lowest BCUT2D eigenvalue weighted by molar-refractivity contribution is 0.145. The highest BCUT2D eigenvalue weighted by Gasteiger charge is 2.18. The van der Waals surface area contributed by atoms with E-state index in [1.54, 1.807) is 12.1 Å². The van der Waals surface area contributed by atoms with Gasteiger partial charge in [-0.05, 0) is 28.7 Å². The van der Waals surface area contributed by atoms with E-state index in [9.17, 15) is 8.78 Å². The van der Waals surface area contributed by atoms with E-state index in [0.29, 0.717) is 14.6 Å². The third-order valence-corrected chi connectivity index (χ3v) is 2.93. The van der Waals surface area contributed by atoms with Crippen LogP contribution in [0.25, 0.3) is 0 Å². The first-order chi connectivity index (χ1) is 6.60. The first kappa shape index (κ1) is 11.8. The predicted molar refractivity (Wildman–Crippen MR) is 59.3 cm³/mol. The maximum Gasteiger partial charge on any atom is 0.281 e. The minimum absolute atomic E-state index is 0.0368. The van der Waals surface area contributed by atoms with Crippen molar-refractivity contribution in [3.8, 4) is 6.07 Å². The monoisotopic (exact) mass is 372 g/mol. The molecule has 1 heterocycles. The van der Waals surface area contributed by atoms with Crippen molar-refractivity contribution in [2.24, 2.45) is 0 Å². The number of nitriles is 1. The molecule has 0 amide bonds. The van der Waals surface area contributed by atoms with Crippen LogP contribution in [-0.2, 0) is 5.33 Å². The second-order valence-corrected chi connectivity index (χ2v) is 4.12. The summed E-state index contributed by atoms with van der Waals surface area (Å²) in [5, 5.41) is 9.07. The Morgan fingerprint density at radius 2 is 2.29 bits per heavy atom. The smallest absolute Gasteiger partial charge is 0.249 e. The molecule has 2 nitrogen and oxygen atoms in total. The Kier molecular flexibility index (Phi) is 4.19. The molecule has 1 aromatic heterocycles. The lowest BCUT2D eigenvalue weighted by Gasteiger charge is -2.05. The summed E-state index contributed by atoms with van der Waals surface area (Å²) in [7, 11) is 0. The molecule has 0 saturated heterocycles. The van der Waals surface area contributed by atoms with Crippen molar-refractivity contribution in [1.29, 1.82) is 5.26 Å². The normalized spacial score (nSPS) is 10.3. The van der Waals surface area contributed by atoms with Crippen molar-refractivity contribution >= 4 is 38.5 Å². The van der Waals surface area contributed by atoms with Gasteiger partial charge in [-0.2, -0.15) is 5.26 Å². The van der Waals surface area contributed by atoms with Gasteiger partial charge in [-0.25, -0.2) is 13.8 Å². The van der Waals surface area contributed by atoms with Crippen molar-refractivity contribution < 1.29 is 8.78 Å². The van der Waals surface area contributed by atoms with Crippen LogP contribution in [0.4, 0.5) is 8.78 Å². The van der Waals surface area contributed by atoms with Gasteiger partial charge in [0.05, 0.1) is 11.3 Å². The number of pyridine rings is 1. The van der Waals surface area contributed by atoms with Crippen LogP contribution < -0.4 is 0 Å². The van der Waals surface area contributed by atoms with Gasteiger partial charge in [0, 0.05) is 8.90 Å². The van der Waals surface area contributed by atoms with Crippen LogP contribution in [0.2, 0.25) is 0 Å². The fourth-order valence-corrected chi connectivity index (χ4v) is 1.96. The molecule has 1 rings (SSSR count). The quantitative estimate of drug-likeness (QED) is 0.589. The summed E-state index contributed by atoms with van der Waals surface area (Å²) >= 11 is 4.98. The van der Waals surface area contributed by atoms with Gasteiger partial charge in [0.15, 0.2) is 0 Å². The first-order valence-corrected chi connectivity index (χ1v) is 5.73. The number of aromatic nitrogens is 1. The molecule has 0 fully saturated rings. The largest absolute Gasteiger partial charge is 0.281 e. The predicted octanol–water partition coefficient (Wildman–Crippen LogP) is 3.39. The van der Waals surface area contributed by atoms with Crippen molar-refractivity contribution in [2.75, 3.05) is 0 Å². The lowest BCUT2D eigenvalue weighted by Crippen LogP contribution is -2.01. The van der Waals surface area contributed by atoms with Crippen molar-refractivity contribution in [3.05, 3.63) is 26.6 Å². The Morgan fingerprint density at radius 1 is 1.64 bits per heavy atom. The molecule has 0 atom stereocenters. The number of nitrogens with zero attached hydrogens (tertiary/aromatic N) is 2. The molecule has 1 aromatic rings. The van der Waals surface area contributed by atoms with Gasteiger partial charge in [-0.15, -0.1) is 0 Å². The third kappa shape index (κ3) is 2.39. The summed E-state index contributed by atoms with van der Waals surface area (Å²) in [6.07, 6.45) is -2.71. The summed E-state index contributed by atoms with van der Waals surface area (Å²) in [6.45, 7) is 0. The molecule has 0 spiro atoms. The van der Waals surface area contributed by atoms with Crippen LogP contribution >= 0.6 is 38.5 Å². The minimum atomic E-state index is -2.71. The van der Waals surface area contributed by atoms with Gasteiger partial charge in [-0.3, -0.25) is 0 Å². The molecule has 0 N–H and O–H groups in total. The lowest BCUT2D eigenvalue weighted by atomic mass is 10.2. The topological polar surface area (TPSA) is 36.7 Å². The molecule has 0 aromatic carbocycles. The van der Waals surface area contributed by atoms with E-state index in [-0.39, 0.29) is 5.56 Å². The number of halogens is 4. The van der Waals surface area contributed by atoms with Gasteiger partial charge in [0.2, 0.25) is 0 Å². The van der Waals surface area contributed by atoms with Gasteiger partial charge in [0.1, 0.15) is 11.8 Å². The van der Waals surface area contributed by atoms with Crippen LogP contribution in [0.15, 0.2) is 6.07 Å². The summed E-state index contributed by atoms with van der Waals surface area (Å²) in [6, 6.07) is 3.34. The average molecular weight is 373 g/mol. The van der Waals surface area contributed by atoms with E-state index < -0.39 is 12.1 Å². The summed E-state index contributed by atoms with van der Waals surface area (Å²) < 4.78 is 25.5. The van der Waals surface area contributed by atoms with Crippen LogP contribution in [-0.4, -0.2) is 4.98 Å². The van der Waals surface area contributed by atoms with E-state index in [0.717, 1.165) is 0 Å². The Labute approximate surface area is 102 Å². The second-order valence-electron chi connectivity index (χ2n) is 2.40. The molecule has 0 bridgehead atoms. The molecule has 0 radical (unpaired) electrons. The summed E-state index contributed by atoms with van der Waals surface area (Å²) in [5.74, 6) is 0. The average Bonchev–Trinajstić information content (AvgIpc) is 2.16. The molecule has 6 heteroatoms. The van der Waals surface area contributed by atoms with Crippen LogP contribution in [0.3, 0.4) is 0 Å². The number of alkyl halides is 3. The zero-order valence-electron chi connectivity index (χ0n) is 6.77. The Hall–Kier alpha value is -0.290. The zero-order valence-corrected chi connectivity index (χ0v) is 10.5. The van der Waals surface area contributed by atoms with Crippen LogP contribution in [0.5, 0.6) is 0 Å². The highest BCUT2D eigenvalue weighted by molar-refractivity contribution is 14.1. The van der Waals surface area contributed by atoms with Gasteiger partial charge >= 0.3 is 0 Å². The van der Waals surface area contributed by atoms with Gasteiger partial charge < -0.3 is 0 Å². The van der Waals surface area contributed by atoms with E-state index in [4.69, 9.17) is 5.26 Å². The number of hydrogen-bond donors (Lipinski definition) is 0. The molecular formula is C8H4BrF2IN2. The van der Waals surface area contributed by atoms with Crippen molar-refractivity contribution in [1.82, 2.24) is 4.98 Å². The van der Waals surface area contributed by atoms with Crippen LogP contribution in [0, 0.1) is 14.9 Å². The fraction of sp³-hybridized carbons (Fsp3) is 0.250. The summed E-state index contributed by atoms with van der Waals surface area (Å²) in [4.78, 5) is 3.70. The molecule has 74 valence electrons. The van der Waals surface area contributed by atoms with E-state index in [2.05, 4.69) is 20.9 Å². The summed E-state index contributed by atoms with van der Waals surface area (Å²) in [5.41, 5.74) is 0.0304. The molecule has 0 aliphatic carbocycles. The molecule has 0 aliphatic rings. The number of rotatable bonds is 2. The van der Waals surface area contributed by atoms with Gasteiger partial charge in [0.25, 0.3) is 6.43 Å². The van der Waals surface area contributed by atoms with Crippen molar-refractivity contribution in [2.45, 2.75) is 11.8 Å². The molecule has 0 aliphatic heterocycles. The highest BCUT2D eigenvalue weighted by atomic mass is 127. The zero-order chi connectivity index (χ0) is 10.7. The SMILES string of the molecule is N#Cc1c(I)cc(CBr)nc1C(F)F. The van der Waals surface area contributed by atoms with E-state index >= 15 is 0 Å². The van der Waals surface area contributed by atoms with Gasteiger partial charge in [-0.1, -0.05) is 15.9 Å². The highest BCUT2D eigenvalue weighted by Crippen LogP contribution is 2.25. The Bertz CT molecular complexity index is 390. The van der Waals surface area contributed by atoms with E-state index in [1.807, 2.05) is 22.6 Å². The van der Waals surface area contributed by atoms with Crippen LogP contribution in [0.1, 0.15) is 23.4 Å². The number of hydrogen-bond acceptors (Lipinski definition) is 2. The molecular weight excluding hydrogens is 369 g/mol. The molecule has 0 unspecified atom stereocenters.